The van der Waals surface area contributed by atoms with Gasteiger partial charge < -0.3 is 10.4 Å². The summed E-state index contributed by atoms with van der Waals surface area (Å²) in [6, 6.07) is 10.3. The van der Waals surface area contributed by atoms with Gasteiger partial charge in [0, 0.05) is 5.30 Å². The maximum atomic E-state index is 13.3. The van der Waals surface area contributed by atoms with Crippen molar-refractivity contribution in [2.24, 2.45) is 0 Å². The maximum absolute atomic E-state index is 13.3. The minimum absolute atomic E-state index is 0.249. The van der Waals surface area contributed by atoms with E-state index in [4.69, 9.17) is 0 Å². The Labute approximate surface area is 142 Å². The van der Waals surface area contributed by atoms with Gasteiger partial charge in [-0.05, 0) is 36.5 Å². The molecule has 0 fully saturated rings. The molecule has 0 spiro atoms. The van der Waals surface area contributed by atoms with Crippen LogP contribution in [0, 0.1) is 12.7 Å². The third-order valence-corrected chi connectivity index (χ3v) is 4.24. The fourth-order valence-corrected chi connectivity index (χ4v) is 3.16. The van der Waals surface area contributed by atoms with Crippen LogP contribution in [0.15, 0.2) is 36.4 Å². The van der Waals surface area contributed by atoms with Crippen LogP contribution in [-0.4, -0.2) is 12.2 Å². The van der Waals surface area contributed by atoms with Crippen LogP contribution in [0.4, 0.5) is 4.39 Å². The van der Waals surface area contributed by atoms with Crippen LogP contribution in [0.1, 0.15) is 11.1 Å². The SMILES string of the molecule is C[N-]Cc1cc(F)ccc1Pc1cc(C)ccc1O.[Cl][Ti+]. The van der Waals surface area contributed by atoms with Gasteiger partial charge in [-0.2, -0.15) is 7.05 Å². The van der Waals surface area contributed by atoms with Crippen molar-refractivity contribution in [2.75, 3.05) is 7.05 Å². The summed E-state index contributed by atoms with van der Waals surface area (Å²) in [5.74, 6) is 0.0355. The zero-order valence-corrected chi connectivity index (χ0v) is 15.1. The van der Waals surface area contributed by atoms with Crippen molar-refractivity contribution in [1.82, 2.24) is 0 Å². The molecule has 0 aliphatic heterocycles. The molecule has 2 aromatic carbocycles. The fourth-order valence-electron chi connectivity index (χ4n) is 1.88. The van der Waals surface area contributed by atoms with E-state index in [1.54, 1.807) is 19.2 Å². The van der Waals surface area contributed by atoms with Crippen LogP contribution in [-0.2, 0) is 25.9 Å². The van der Waals surface area contributed by atoms with Crippen molar-refractivity contribution in [3.8, 4) is 5.75 Å². The number of hydrogen-bond donors (Lipinski definition) is 1. The Hall–Kier alpha value is -0.436. The summed E-state index contributed by atoms with van der Waals surface area (Å²) in [4.78, 5) is 0. The zero-order chi connectivity index (χ0) is 15.8. The Morgan fingerprint density at radius 3 is 2.57 bits per heavy atom. The summed E-state index contributed by atoms with van der Waals surface area (Å²) in [7, 11) is 6.65. The monoisotopic (exact) mass is 359 g/mol. The molecule has 21 heavy (non-hydrogen) atoms. The van der Waals surface area contributed by atoms with Gasteiger partial charge in [0.25, 0.3) is 0 Å². The Morgan fingerprint density at radius 1 is 1.19 bits per heavy atom. The molecule has 110 valence electrons. The molecule has 2 nitrogen and oxygen atoms in total. The van der Waals surface area contributed by atoms with E-state index in [0.717, 1.165) is 21.7 Å². The van der Waals surface area contributed by atoms with E-state index in [9.17, 15) is 9.50 Å². The van der Waals surface area contributed by atoms with Crippen molar-refractivity contribution in [2.45, 2.75) is 13.5 Å². The van der Waals surface area contributed by atoms with Crippen LogP contribution < -0.4 is 10.6 Å². The summed E-state index contributed by atoms with van der Waals surface area (Å²) < 4.78 is 13.3. The van der Waals surface area contributed by atoms with Gasteiger partial charge in [0.05, 0.1) is 0 Å². The molecular formula is C15H16ClFNOPTi. The summed E-state index contributed by atoms with van der Waals surface area (Å²) >= 11 is 1.47. The van der Waals surface area contributed by atoms with E-state index in [1.165, 1.54) is 31.5 Å². The number of phenols is 1. The molecule has 0 aliphatic carbocycles. The second kappa shape index (κ2) is 9.55. The molecule has 0 radical (unpaired) electrons. The standard InChI is InChI=1S/C15H16FNOP.ClH.Ti/c1-10-3-5-13(18)15(7-10)19-14-6-4-12(16)8-11(14)9-17-2;;/h3-8,18-19H,9H2,1-2H3;1H;/q-1;;+2/p-1. The molecule has 1 N–H and O–H groups in total. The van der Waals surface area contributed by atoms with Crippen LogP contribution in [0.2, 0.25) is 0 Å². The molecular weight excluding hydrogens is 343 g/mol. The first-order chi connectivity index (χ1) is 10.1. The molecule has 2 aromatic rings. The van der Waals surface area contributed by atoms with Crippen molar-refractivity contribution in [3.63, 3.8) is 0 Å². The first-order valence-corrected chi connectivity index (χ1v) is 9.34. The van der Waals surface area contributed by atoms with Gasteiger partial charge in [-0.25, -0.2) is 4.39 Å². The Morgan fingerprint density at radius 2 is 1.90 bits per heavy atom. The van der Waals surface area contributed by atoms with Gasteiger partial charge in [0.1, 0.15) is 11.6 Å². The zero-order valence-electron chi connectivity index (χ0n) is 11.8. The number of halogens is 2. The third-order valence-electron chi connectivity index (χ3n) is 2.82. The quantitative estimate of drug-likeness (QED) is 0.656. The Bertz CT molecular complexity index is 598. The number of aryl methyl sites for hydroxylation is 1. The molecule has 6 heteroatoms. The second-order valence-corrected chi connectivity index (χ2v) is 5.75. The van der Waals surface area contributed by atoms with Gasteiger partial charge in [0.15, 0.2) is 0 Å². The van der Waals surface area contributed by atoms with E-state index in [1.807, 2.05) is 19.1 Å². The first-order valence-electron chi connectivity index (χ1n) is 6.19. The van der Waals surface area contributed by atoms with Crippen molar-refractivity contribution in [3.05, 3.63) is 58.7 Å². The summed E-state index contributed by atoms with van der Waals surface area (Å²) in [6.45, 7) is 2.48. The Kier molecular flexibility index (Phi) is 8.47. The number of phenolic OH excluding ortho intramolecular Hbond substituents is 1. The molecule has 1 unspecified atom stereocenters. The molecule has 0 bridgehead atoms. The van der Waals surface area contributed by atoms with Crippen molar-refractivity contribution < 1.29 is 28.9 Å². The molecule has 0 aromatic heterocycles. The number of benzene rings is 2. The third kappa shape index (κ3) is 5.69. The van der Waals surface area contributed by atoms with Crippen molar-refractivity contribution in [1.29, 1.82) is 0 Å². The summed E-state index contributed by atoms with van der Waals surface area (Å²) in [5.41, 5.74) is 1.98. The first kappa shape index (κ1) is 18.6. The molecule has 1 atom stereocenters. The van der Waals surface area contributed by atoms with Crippen molar-refractivity contribution >= 4 is 28.5 Å². The predicted octanol–water partition coefficient (Wildman–Crippen LogP) is 3.66. The topological polar surface area (TPSA) is 34.3 Å². The van der Waals surface area contributed by atoms with Crippen LogP contribution in [0.3, 0.4) is 0 Å². The van der Waals surface area contributed by atoms with E-state index >= 15 is 0 Å². The number of hydrogen-bond acceptors (Lipinski definition) is 1. The van der Waals surface area contributed by atoms with E-state index in [0.29, 0.717) is 15.1 Å². The Balaban J connectivity index is 0.00000106. The normalized spacial score (nSPS) is 10.4. The van der Waals surface area contributed by atoms with E-state index < -0.39 is 0 Å². The summed E-state index contributed by atoms with van der Waals surface area (Å²) in [6.07, 6.45) is 0. The number of nitrogens with zero attached hydrogens (tertiary/aromatic N) is 1. The molecule has 0 aliphatic rings. The molecule has 0 saturated carbocycles. The van der Waals surface area contributed by atoms with Gasteiger partial charge in [-0.3, -0.25) is 0 Å². The summed E-state index contributed by atoms with van der Waals surface area (Å²) in [5, 5.41) is 15.8. The number of aromatic hydroxyl groups is 1. The van der Waals surface area contributed by atoms with Crippen LogP contribution in [0.5, 0.6) is 5.75 Å². The molecule has 0 amide bonds. The fraction of sp³-hybridized carbons (Fsp3) is 0.200. The van der Waals surface area contributed by atoms with Gasteiger partial charge in [0.2, 0.25) is 0 Å². The minimum atomic E-state index is -0.249. The average Bonchev–Trinajstić information content (AvgIpc) is 2.48. The van der Waals surface area contributed by atoms with Gasteiger partial charge in [-0.15, -0.1) is 6.54 Å². The predicted molar refractivity (Wildman–Crippen MR) is 85.7 cm³/mol. The molecule has 0 saturated heterocycles. The van der Waals surface area contributed by atoms with Gasteiger partial charge in [-0.1, -0.05) is 31.8 Å². The van der Waals surface area contributed by atoms with Gasteiger partial charge >= 0.3 is 28.7 Å². The average molecular weight is 360 g/mol. The number of rotatable bonds is 4. The van der Waals surface area contributed by atoms with Crippen LogP contribution >= 0.6 is 17.9 Å². The molecule has 0 heterocycles. The van der Waals surface area contributed by atoms with Crippen LogP contribution in [0.25, 0.3) is 5.32 Å². The van der Waals surface area contributed by atoms with E-state index in [-0.39, 0.29) is 11.6 Å². The van der Waals surface area contributed by atoms with E-state index in [2.05, 4.69) is 14.6 Å². The second-order valence-electron chi connectivity index (χ2n) is 4.42. The molecule has 2 rings (SSSR count).